The Balaban J connectivity index is 1.75. The molecule has 0 N–H and O–H groups in total. The molecule has 2 heterocycles. The van der Waals surface area contributed by atoms with Crippen LogP contribution in [0.3, 0.4) is 0 Å². The van der Waals surface area contributed by atoms with Gasteiger partial charge in [0.05, 0.1) is 29.7 Å². The van der Waals surface area contributed by atoms with Gasteiger partial charge in [0.25, 0.3) is 5.91 Å². The van der Waals surface area contributed by atoms with Crippen LogP contribution < -0.4 is 10.3 Å². The van der Waals surface area contributed by atoms with Crippen molar-refractivity contribution >= 4 is 28.5 Å². The van der Waals surface area contributed by atoms with Gasteiger partial charge in [0.15, 0.2) is 5.43 Å². The third-order valence-electron chi connectivity index (χ3n) is 6.76. The Hall–Kier alpha value is -4.19. The Bertz CT molecular complexity index is 1530. The normalized spacial score (nSPS) is 14.9. The quantitative estimate of drug-likeness (QED) is 0.370. The predicted molar refractivity (Wildman–Crippen MR) is 134 cm³/mol. The Kier molecular flexibility index (Phi) is 5.52. The monoisotopic (exact) mass is 467 g/mol. The van der Waals surface area contributed by atoms with Crippen LogP contribution >= 0.6 is 0 Å². The van der Waals surface area contributed by atoms with Crippen molar-refractivity contribution in [3.05, 3.63) is 110 Å². The van der Waals surface area contributed by atoms with Crippen molar-refractivity contribution in [1.29, 1.82) is 0 Å². The number of amides is 1. The van der Waals surface area contributed by atoms with Crippen molar-refractivity contribution in [2.45, 2.75) is 33.2 Å². The molecule has 0 aliphatic carbocycles. The van der Waals surface area contributed by atoms with Gasteiger partial charge in [0.2, 0.25) is 5.76 Å². The molecule has 35 heavy (non-hydrogen) atoms. The van der Waals surface area contributed by atoms with Crippen molar-refractivity contribution in [2.75, 3.05) is 12.0 Å². The molecule has 0 fully saturated rings. The molecule has 1 aliphatic rings. The first-order valence-electron chi connectivity index (χ1n) is 11.5. The average Bonchev–Trinajstić information content (AvgIpc) is 3.17. The lowest BCUT2D eigenvalue weighted by Gasteiger charge is -2.25. The summed E-state index contributed by atoms with van der Waals surface area (Å²) in [6, 6.07) is 17.4. The van der Waals surface area contributed by atoms with Gasteiger partial charge < -0.3 is 9.15 Å². The molecule has 1 unspecified atom stereocenters. The molecule has 1 aliphatic heterocycles. The summed E-state index contributed by atoms with van der Waals surface area (Å²) >= 11 is 0. The van der Waals surface area contributed by atoms with Gasteiger partial charge in [-0.3, -0.25) is 14.5 Å². The number of benzene rings is 3. The highest BCUT2D eigenvalue weighted by atomic mass is 16.5. The van der Waals surface area contributed by atoms with Crippen LogP contribution in [0.4, 0.5) is 5.69 Å². The summed E-state index contributed by atoms with van der Waals surface area (Å²) in [5, 5.41) is 0.444. The number of rotatable bonds is 4. The average molecular weight is 468 g/mol. The molecular formula is C29H25NO5. The summed E-state index contributed by atoms with van der Waals surface area (Å²) in [4.78, 5) is 41.1. The minimum absolute atomic E-state index is 0.0485. The molecule has 4 aromatic rings. The van der Waals surface area contributed by atoms with Gasteiger partial charge in [-0.25, -0.2) is 4.79 Å². The molecule has 1 amide bonds. The van der Waals surface area contributed by atoms with E-state index in [-0.39, 0.29) is 17.1 Å². The van der Waals surface area contributed by atoms with Crippen LogP contribution in [-0.4, -0.2) is 19.0 Å². The zero-order chi connectivity index (χ0) is 24.9. The summed E-state index contributed by atoms with van der Waals surface area (Å²) in [5.41, 5.74) is 5.31. The maximum atomic E-state index is 13.8. The highest BCUT2D eigenvalue weighted by molar-refractivity contribution is 6.10. The first kappa shape index (κ1) is 22.6. The van der Waals surface area contributed by atoms with Gasteiger partial charge in [0.1, 0.15) is 5.58 Å². The van der Waals surface area contributed by atoms with E-state index in [2.05, 4.69) is 6.92 Å². The van der Waals surface area contributed by atoms with Crippen molar-refractivity contribution in [1.82, 2.24) is 0 Å². The number of carbonyl (C=O) groups excluding carboxylic acids is 2. The molecule has 6 nitrogen and oxygen atoms in total. The van der Waals surface area contributed by atoms with Gasteiger partial charge in [-0.1, -0.05) is 31.2 Å². The first-order chi connectivity index (χ1) is 16.8. The van der Waals surface area contributed by atoms with Crippen LogP contribution in [0.25, 0.3) is 11.0 Å². The number of aryl methyl sites for hydroxylation is 3. The number of hydrogen-bond acceptors (Lipinski definition) is 5. The topological polar surface area (TPSA) is 76.8 Å². The molecule has 1 atom stereocenters. The molecule has 0 bridgehead atoms. The van der Waals surface area contributed by atoms with Gasteiger partial charge in [0, 0.05) is 5.69 Å². The van der Waals surface area contributed by atoms with Crippen molar-refractivity contribution in [3.63, 3.8) is 0 Å². The number of ether oxygens (including phenoxy) is 1. The minimum Gasteiger partial charge on any atom is -0.465 e. The van der Waals surface area contributed by atoms with Crippen LogP contribution in [0.1, 0.15) is 61.7 Å². The van der Waals surface area contributed by atoms with E-state index >= 15 is 0 Å². The Morgan fingerprint density at radius 3 is 2.26 bits per heavy atom. The second-order valence-corrected chi connectivity index (χ2v) is 8.82. The van der Waals surface area contributed by atoms with Gasteiger partial charge in [-0.15, -0.1) is 0 Å². The number of anilines is 1. The number of carbonyl (C=O) groups is 2. The minimum atomic E-state index is -0.695. The number of fused-ring (bicyclic) bond motifs is 2. The first-order valence-corrected chi connectivity index (χ1v) is 11.5. The smallest absolute Gasteiger partial charge is 0.337 e. The van der Waals surface area contributed by atoms with Crippen molar-refractivity contribution in [3.8, 4) is 0 Å². The maximum Gasteiger partial charge on any atom is 0.337 e. The number of nitrogens with zero attached hydrogens (tertiary/aromatic N) is 1. The third kappa shape index (κ3) is 3.62. The molecule has 0 radical (unpaired) electrons. The maximum absolute atomic E-state index is 13.8. The number of hydrogen-bond donors (Lipinski definition) is 0. The largest absolute Gasteiger partial charge is 0.465 e. The number of methoxy groups -OCH3 is 1. The van der Waals surface area contributed by atoms with E-state index < -0.39 is 12.0 Å². The van der Waals surface area contributed by atoms with Crippen molar-refractivity contribution < 1.29 is 18.7 Å². The van der Waals surface area contributed by atoms with E-state index in [9.17, 15) is 14.4 Å². The van der Waals surface area contributed by atoms with E-state index in [1.807, 2.05) is 44.2 Å². The summed E-state index contributed by atoms with van der Waals surface area (Å²) in [6.07, 6.45) is 0.872. The summed E-state index contributed by atoms with van der Waals surface area (Å²) < 4.78 is 10.9. The van der Waals surface area contributed by atoms with Crippen LogP contribution in [0.5, 0.6) is 0 Å². The fourth-order valence-corrected chi connectivity index (χ4v) is 4.62. The summed E-state index contributed by atoms with van der Waals surface area (Å²) in [5.74, 6) is -0.779. The van der Waals surface area contributed by atoms with Gasteiger partial charge in [-0.05, 0) is 78.9 Å². The lowest BCUT2D eigenvalue weighted by Crippen LogP contribution is -2.29. The highest BCUT2D eigenvalue weighted by Gasteiger charge is 2.43. The fourth-order valence-electron chi connectivity index (χ4n) is 4.62. The Labute approximate surface area is 202 Å². The zero-order valence-corrected chi connectivity index (χ0v) is 20.0. The van der Waals surface area contributed by atoms with E-state index in [1.165, 1.54) is 7.11 Å². The van der Waals surface area contributed by atoms with Crippen molar-refractivity contribution in [2.24, 2.45) is 0 Å². The SMILES string of the molecule is CCc1ccc(N2C(=O)c3oc4cc(C)c(C)cc4c(=O)c3C2c2ccc(C(=O)OC)cc2)cc1. The Morgan fingerprint density at radius 1 is 0.971 bits per heavy atom. The van der Waals surface area contributed by atoms with Crippen LogP contribution in [0.15, 0.2) is 69.9 Å². The molecule has 6 heteroatoms. The molecule has 0 saturated heterocycles. The molecule has 3 aromatic carbocycles. The number of esters is 1. The molecule has 0 spiro atoms. The van der Waals surface area contributed by atoms with Crippen LogP contribution in [-0.2, 0) is 11.2 Å². The fraction of sp³-hybridized carbons (Fsp3) is 0.207. The lowest BCUT2D eigenvalue weighted by molar-refractivity contribution is 0.0600. The molecular weight excluding hydrogens is 442 g/mol. The molecule has 176 valence electrons. The van der Waals surface area contributed by atoms with Gasteiger partial charge in [-0.2, -0.15) is 0 Å². The second-order valence-electron chi connectivity index (χ2n) is 8.82. The lowest BCUT2D eigenvalue weighted by atomic mass is 9.96. The Morgan fingerprint density at radius 2 is 1.63 bits per heavy atom. The van der Waals surface area contributed by atoms with E-state index in [0.717, 1.165) is 23.1 Å². The van der Waals surface area contributed by atoms with Crippen LogP contribution in [0.2, 0.25) is 0 Å². The molecule has 0 saturated carbocycles. The van der Waals surface area contributed by atoms with Crippen LogP contribution in [0, 0.1) is 13.8 Å². The standard InChI is InChI=1S/C29H25NO5/c1-5-18-6-12-21(13-7-18)30-25(19-8-10-20(11-9-19)29(33)34-4)24-26(31)22-14-16(2)17(3)15-23(22)35-27(24)28(30)32/h6-15,25H,5H2,1-4H3. The second kappa shape index (κ2) is 8.55. The van der Waals surface area contributed by atoms with E-state index in [0.29, 0.717) is 33.3 Å². The molecule has 1 aromatic heterocycles. The van der Waals surface area contributed by atoms with E-state index in [4.69, 9.17) is 9.15 Å². The third-order valence-corrected chi connectivity index (χ3v) is 6.76. The predicted octanol–water partition coefficient (Wildman–Crippen LogP) is 5.51. The van der Waals surface area contributed by atoms with E-state index in [1.54, 1.807) is 35.2 Å². The highest BCUT2D eigenvalue weighted by Crippen LogP contribution is 2.41. The zero-order valence-electron chi connectivity index (χ0n) is 20.0. The molecule has 5 rings (SSSR count). The summed E-state index contributed by atoms with van der Waals surface area (Å²) in [7, 11) is 1.32. The summed E-state index contributed by atoms with van der Waals surface area (Å²) in [6.45, 7) is 5.95. The van der Waals surface area contributed by atoms with Gasteiger partial charge >= 0.3 is 5.97 Å².